The van der Waals surface area contributed by atoms with Crippen molar-refractivity contribution < 1.29 is 38.2 Å². The fourth-order valence-electron chi connectivity index (χ4n) is 10.5. The Bertz CT molecular complexity index is 3570. The summed E-state index contributed by atoms with van der Waals surface area (Å²) in [6.07, 6.45) is 0. The van der Waals surface area contributed by atoms with Crippen LogP contribution in [0.4, 0.5) is 22.7 Å². The van der Waals surface area contributed by atoms with E-state index in [1.807, 2.05) is 60.7 Å². The number of anilines is 4. The van der Waals surface area contributed by atoms with Crippen molar-refractivity contribution in [2.75, 3.05) is 61.0 Å². The van der Waals surface area contributed by atoms with E-state index < -0.39 is 59.6 Å². The Morgan fingerprint density at radius 3 is 1.27 bits per heavy atom. The minimum atomic E-state index is -1.18. The minimum absolute atomic E-state index is 0. The second-order valence-electron chi connectivity index (χ2n) is 19.8. The number of methoxy groups -OCH3 is 2. The van der Waals surface area contributed by atoms with E-state index in [4.69, 9.17) is 9.47 Å². The SMILES string of the molecule is CN[C@@H](C)C(=O)N[C@H]1CN(C(=O)c2ccc3ccc(C(=O)N4C[C@H](NC(=O)[C@H](C)NC)C(=O)N(Cc5c(OC)ccc6cc(Br)ccc56)c5ccccc54)cc3c2)c2ccccc2N(Cc2c(OC)ccc3cc(Br)ccc23)C1=O.Cl.Cl. The molecule has 424 valence electrons. The van der Waals surface area contributed by atoms with Crippen LogP contribution in [0.1, 0.15) is 45.7 Å². The van der Waals surface area contributed by atoms with Crippen LogP contribution < -0.4 is 50.3 Å². The molecule has 0 saturated carbocycles. The number of hydrogen-bond acceptors (Lipinski definition) is 10. The monoisotopic (exact) mass is 1270 g/mol. The van der Waals surface area contributed by atoms with Crippen molar-refractivity contribution in [3.63, 3.8) is 0 Å². The van der Waals surface area contributed by atoms with Crippen molar-refractivity contribution in [1.29, 1.82) is 0 Å². The third-order valence-corrected chi connectivity index (χ3v) is 16.1. The van der Waals surface area contributed by atoms with E-state index in [1.54, 1.807) is 137 Å². The molecule has 10 rings (SSSR count). The summed E-state index contributed by atoms with van der Waals surface area (Å²) in [4.78, 5) is 94.3. The van der Waals surface area contributed by atoms with Crippen molar-refractivity contribution in [3.05, 3.63) is 177 Å². The maximum atomic E-state index is 15.3. The average Bonchev–Trinajstić information content (AvgIpc) is 3.83. The van der Waals surface area contributed by atoms with Gasteiger partial charge in [-0.2, -0.15) is 0 Å². The first-order chi connectivity index (χ1) is 38.6. The van der Waals surface area contributed by atoms with Gasteiger partial charge in [-0.3, -0.25) is 28.8 Å². The van der Waals surface area contributed by atoms with Gasteiger partial charge in [0.1, 0.15) is 23.6 Å². The van der Waals surface area contributed by atoms with E-state index in [-0.39, 0.29) is 62.1 Å². The van der Waals surface area contributed by atoms with Gasteiger partial charge in [-0.05, 0) is 145 Å². The summed E-state index contributed by atoms with van der Waals surface area (Å²) in [7, 11) is 6.45. The van der Waals surface area contributed by atoms with E-state index in [2.05, 4.69) is 53.1 Å². The Hall–Kier alpha value is -7.58. The average molecular weight is 1280 g/mol. The van der Waals surface area contributed by atoms with E-state index in [9.17, 15) is 9.59 Å². The molecule has 0 radical (unpaired) electrons. The highest BCUT2D eigenvalue weighted by atomic mass is 79.9. The van der Waals surface area contributed by atoms with Crippen LogP contribution in [0.15, 0.2) is 155 Å². The summed E-state index contributed by atoms with van der Waals surface area (Å²) >= 11 is 7.16. The maximum absolute atomic E-state index is 15.3. The van der Waals surface area contributed by atoms with E-state index in [0.717, 1.165) is 47.0 Å². The fourth-order valence-corrected chi connectivity index (χ4v) is 11.3. The second-order valence-corrected chi connectivity index (χ2v) is 21.6. The first-order valence-corrected chi connectivity index (χ1v) is 27.6. The molecule has 2 aliphatic heterocycles. The molecule has 0 bridgehead atoms. The van der Waals surface area contributed by atoms with Crippen molar-refractivity contribution in [3.8, 4) is 11.5 Å². The molecular formula is C62H60Br2Cl2N8O8. The van der Waals surface area contributed by atoms with Crippen LogP contribution in [0.2, 0.25) is 0 Å². The molecule has 0 unspecified atom stereocenters. The number of fused-ring (bicyclic) bond motifs is 5. The first-order valence-electron chi connectivity index (χ1n) is 26.0. The number of likely N-dealkylation sites (N-methyl/N-ethyl adjacent to an activating group) is 2. The number of halogens is 4. The molecule has 6 amide bonds. The van der Waals surface area contributed by atoms with Gasteiger partial charge in [-0.1, -0.05) is 92.5 Å². The lowest BCUT2D eigenvalue weighted by molar-refractivity contribution is -0.128. The lowest BCUT2D eigenvalue weighted by Crippen LogP contribution is -2.55. The number of carbonyl (C=O) groups excluding carboxylic acids is 6. The second kappa shape index (κ2) is 25.7. The highest BCUT2D eigenvalue weighted by Gasteiger charge is 2.40. The smallest absolute Gasteiger partial charge is 0.258 e. The van der Waals surface area contributed by atoms with Crippen LogP contribution in [0, 0.1) is 0 Å². The van der Waals surface area contributed by atoms with Crippen LogP contribution in [0.25, 0.3) is 32.3 Å². The molecule has 4 atom stereocenters. The van der Waals surface area contributed by atoms with E-state index in [1.165, 1.54) is 9.80 Å². The topological polar surface area (TPSA) is 182 Å². The standard InChI is InChI=1S/C62H58Br2N8O8.2ClH/c1-35(65-3)57(73)67-49-33-71(53-13-9-7-11-51(53)69(61(49)77)31-47-45-23-21-43(63)29-38(45)19-25-55(47)79-5)59(75)40-17-15-37-16-18-41(28-42(37)27-40)60(76)72-34-50(68-58(74)36(2)66-4)62(78)70(52-12-8-10-14-54(52)72)32-48-46-24-22-44(64)30-39(46)20-26-56(48)80-6;;/h7-30,35-36,49-50,65-66H,31-34H2,1-6H3,(H,67,73)(H,68,74);2*1H/t35-,36-,49-,50-;;/m0../s1. The number of carbonyl (C=O) groups is 6. The number of amides is 6. The quantitative estimate of drug-likeness (QED) is 0.0818. The number of hydrogen-bond donors (Lipinski definition) is 4. The lowest BCUT2D eigenvalue weighted by atomic mass is 10.0. The molecule has 0 fully saturated rings. The molecule has 0 spiro atoms. The van der Waals surface area contributed by atoms with Crippen LogP contribution in [0.3, 0.4) is 0 Å². The summed E-state index contributed by atoms with van der Waals surface area (Å²) in [6.45, 7) is 3.06. The predicted octanol–water partition coefficient (Wildman–Crippen LogP) is 10.1. The van der Waals surface area contributed by atoms with Crippen molar-refractivity contribution in [1.82, 2.24) is 21.3 Å². The van der Waals surface area contributed by atoms with Crippen LogP contribution in [-0.2, 0) is 32.3 Å². The predicted molar refractivity (Wildman–Crippen MR) is 334 cm³/mol. The van der Waals surface area contributed by atoms with E-state index >= 15 is 19.2 Å². The molecular weight excluding hydrogens is 1220 g/mol. The van der Waals surface area contributed by atoms with Gasteiger partial charge >= 0.3 is 0 Å². The summed E-state index contributed by atoms with van der Waals surface area (Å²) in [5.74, 6) is -1.49. The number of benzene rings is 8. The van der Waals surface area contributed by atoms with Crippen molar-refractivity contribution in [2.24, 2.45) is 0 Å². The molecule has 16 nitrogen and oxygen atoms in total. The molecule has 0 aromatic heterocycles. The molecule has 0 aliphatic carbocycles. The number of nitrogens with zero attached hydrogens (tertiary/aromatic N) is 4. The molecule has 82 heavy (non-hydrogen) atoms. The van der Waals surface area contributed by atoms with Gasteiger partial charge in [0.05, 0.1) is 75.2 Å². The van der Waals surface area contributed by atoms with Crippen LogP contribution >= 0.6 is 56.7 Å². The summed E-state index contributed by atoms with van der Waals surface area (Å²) < 4.78 is 13.5. The largest absolute Gasteiger partial charge is 0.496 e. The fraction of sp³-hybridized carbons (Fsp3) is 0.226. The summed E-state index contributed by atoms with van der Waals surface area (Å²) in [5.41, 5.74) is 3.76. The van der Waals surface area contributed by atoms with Gasteiger partial charge < -0.3 is 50.3 Å². The summed E-state index contributed by atoms with van der Waals surface area (Å²) in [5, 5.41) is 16.6. The highest BCUT2D eigenvalue weighted by Crippen LogP contribution is 2.41. The van der Waals surface area contributed by atoms with Crippen LogP contribution in [-0.4, -0.2) is 101 Å². The highest BCUT2D eigenvalue weighted by molar-refractivity contribution is 9.10. The Balaban J connectivity index is 0.00000440. The summed E-state index contributed by atoms with van der Waals surface area (Å²) in [6, 6.07) is 40.4. The number of para-hydroxylation sites is 4. The third kappa shape index (κ3) is 11.9. The zero-order valence-corrected chi connectivity index (χ0v) is 50.4. The molecule has 2 aliphatic rings. The van der Waals surface area contributed by atoms with Gasteiger partial charge in [0, 0.05) is 31.2 Å². The zero-order chi connectivity index (χ0) is 56.5. The minimum Gasteiger partial charge on any atom is -0.496 e. The molecule has 20 heteroatoms. The Labute approximate surface area is 503 Å². The van der Waals surface area contributed by atoms with Gasteiger partial charge in [0.15, 0.2) is 0 Å². The number of ether oxygens (including phenoxy) is 2. The van der Waals surface area contributed by atoms with Gasteiger partial charge in [0.25, 0.3) is 23.6 Å². The van der Waals surface area contributed by atoms with Crippen molar-refractivity contribution >= 4 is 147 Å². The normalized spacial score (nSPS) is 15.8. The lowest BCUT2D eigenvalue weighted by Gasteiger charge is -2.27. The molecule has 8 aromatic rings. The van der Waals surface area contributed by atoms with Gasteiger partial charge in [-0.25, -0.2) is 0 Å². The molecule has 2 heterocycles. The Kier molecular flexibility index (Phi) is 19.0. The van der Waals surface area contributed by atoms with E-state index in [0.29, 0.717) is 39.6 Å². The Morgan fingerprint density at radius 1 is 0.512 bits per heavy atom. The first kappa shape index (κ1) is 60.5. The number of nitrogens with one attached hydrogen (secondary N) is 4. The van der Waals surface area contributed by atoms with Gasteiger partial charge in [0.2, 0.25) is 11.8 Å². The van der Waals surface area contributed by atoms with Crippen molar-refractivity contribution in [2.45, 2.75) is 51.1 Å². The maximum Gasteiger partial charge on any atom is 0.258 e. The van der Waals surface area contributed by atoms with Gasteiger partial charge in [-0.15, -0.1) is 24.8 Å². The molecule has 4 N–H and O–H groups in total. The molecule has 8 aromatic carbocycles. The molecule has 0 saturated heterocycles. The Morgan fingerprint density at radius 2 is 0.890 bits per heavy atom. The number of rotatable bonds is 14. The van der Waals surface area contributed by atoms with Crippen LogP contribution in [0.5, 0.6) is 11.5 Å². The zero-order valence-electron chi connectivity index (χ0n) is 45.6. The third-order valence-electron chi connectivity index (χ3n) is 15.1.